The third-order valence-corrected chi connectivity index (χ3v) is 4.89. The van der Waals surface area contributed by atoms with Crippen molar-refractivity contribution in [2.75, 3.05) is 6.54 Å². The van der Waals surface area contributed by atoms with E-state index in [0.717, 1.165) is 37.1 Å². The summed E-state index contributed by atoms with van der Waals surface area (Å²) in [5, 5.41) is 17.3. The van der Waals surface area contributed by atoms with Gasteiger partial charge in [0, 0.05) is 28.9 Å². The maximum Gasteiger partial charge on any atom is 0.407 e. The molecule has 1 aliphatic rings. The molecule has 1 fully saturated rings. The first-order valence-electron chi connectivity index (χ1n) is 8.01. The van der Waals surface area contributed by atoms with Gasteiger partial charge in [-0.15, -0.1) is 11.3 Å². The van der Waals surface area contributed by atoms with E-state index in [0.29, 0.717) is 12.1 Å². The minimum Gasteiger partial charge on any atom is -0.444 e. The van der Waals surface area contributed by atoms with E-state index in [1.54, 1.807) is 11.3 Å². The summed E-state index contributed by atoms with van der Waals surface area (Å²) in [5.41, 5.74) is 0.151. The highest BCUT2D eigenvalue weighted by Crippen LogP contribution is 2.30. The molecule has 0 unspecified atom stereocenters. The van der Waals surface area contributed by atoms with Gasteiger partial charge in [-0.05, 0) is 39.7 Å². The Morgan fingerprint density at radius 1 is 1.43 bits per heavy atom. The third-order valence-electron chi connectivity index (χ3n) is 3.95. The van der Waals surface area contributed by atoms with Crippen molar-refractivity contribution in [3.05, 3.63) is 21.9 Å². The normalized spacial score (nSPS) is 16.8. The van der Waals surface area contributed by atoms with Crippen LogP contribution in [-0.2, 0) is 11.3 Å². The topological polar surface area (TPSA) is 74.2 Å². The summed E-state index contributed by atoms with van der Waals surface area (Å²) in [5.74, 6) is 0. The molecule has 1 aliphatic carbocycles. The predicted octanol–water partition coefficient (Wildman–Crippen LogP) is 3.55. The molecule has 1 aromatic rings. The molecule has 5 nitrogen and oxygen atoms in total. The Morgan fingerprint density at radius 2 is 2.13 bits per heavy atom. The van der Waals surface area contributed by atoms with E-state index >= 15 is 0 Å². The number of nitrogens with one attached hydrogen (secondary N) is 2. The number of carbonyl (C=O) groups excluding carboxylic acids is 1. The van der Waals surface area contributed by atoms with Crippen molar-refractivity contribution in [1.29, 1.82) is 5.26 Å². The second-order valence-electron chi connectivity index (χ2n) is 7.11. The molecular weight excluding hydrogens is 310 g/mol. The van der Waals surface area contributed by atoms with Crippen LogP contribution in [0.2, 0.25) is 0 Å². The fourth-order valence-electron chi connectivity index (χ4n) is 2.83. The van der Waals surface area contributed by atoms with Crippen LogP contribution in [0.5, 0.6) is 0 Å². The molecule has 2 N–H and O–H groups in total. The summed E-state index contributed by atoms with van der Waals surface area (Å²) >= 11 is 1.59. The lowest BCUT2D eigenvalue weighted by Crippen LogP contribution is -2.51. The molecule has 23 heavy (non-hydrogen) atoms. The molecule has 6 heteroatoms. The van der Waals surface area contributed by atoms with Crippen LogP contribution in [0.3, 0.4) is 0 Å². The largest absolute Gasteiger partial charge is 0.444 e. The van der Waals surface area contributed by atoms with Crippen molar-refractivity contribution in [2.24, 2.45) is 0 Å². The average Bonchev–Trinajstić information content (AvgIpc) is 3.11. The van der Waals surface area contributed by atoms with Crippen LogP contribution in [0.25, 0.3) is 0 Å². The van der Waals surface area contributed by atoms with Crippen molar-refractivity contribution in [1.82, 2.24) is 10.6 Å². The van der Waals surface area contributed by atoms with E-state index in [-0.39, 0.29) is 11.6 Å². The Labute approximate surface area is 142 Å². The molecule has 0 radical (unpaired) electrons. The van der Waals surface area contributed by atoms with E-state index < -0.39 is 5.60 Å². The average molecular weight is 335 g/mol. The van der Waals surface area contributed by atoms with Crippen molar-refractivity contribution < 1.29 is 9.53 Å². The summed E-state index contributed by atoms with van der Waals surface area (Å²) < 4.78 is 5.31. The first kappa shape index (κ1) is 17.8. The van der Waals surface area contributed by atoms with Gasteiger partial charge in [0.1, 0.15) is 11.7 Å². The van der Waals surface area contributed by atoms with E-state index in [1.165, 1.54) is 0 Å². The van der Waals surface area contributed by atoms with Crippen LogP contribution < -0.4 is 10.6 Å². The molecule has 0 atom stereocenters. The molecule has 1 heterocycles. The maximum absolute atomic E-state index is 11.9. The zero-order valence-electron chi connectivity index (χ0n) is 14.1. The molecule has 1 aromatic heterocycles. The number of carbonyl (C=O) groups is 1. The number of thiophene rings is 1. The quantitative estimate of drug-likeness (QED) is 0.863. The molecule has 0 saturated heterocycles. The Balaban J connectivity index is 1.89. The zero-order chi connectivity index (χ0) is 16.9. The van der Waals surface area contributed by atoms with Gasteiger partial charge in [0.2, 0.25) is 0 Å². The number of nitriles is 1. The van der Waals surface area contributed by atoms with Crippen LogP contribution in [0.4, 0.5) is 4.79 Å². The highest BCUT2D eigenvalue weighted by Gasteiger charge is 2.34. The Bertz CT molecular complexity index is 577. The first-order valence-corrected chi connectivity index (χ1v) is 8.89. The molecule has 0 spiro atoms. The lowest BCUT2D eigenvalue weighted by molar-refractivity contribution is 0.0509. The van der Waals surface area contributed by atoms with E-state index in [2.05, 4.69) is 16.7 Å². The molecule has 0 aliphatic heterocycles. The van der Waals surface area contributed by atoms with Gasteiger partial charge in [0.25, 0.3) is 0 Å². The van der Waals surface area contributed by atoms with Gasteiger partial charge < -0.3 is 15.4 Å². The number of nitrogens with zero attached hydrogens (tertiary/aromatic N) is 1. The molecule has 0 bridgehead atoms. The SMILES string of the molecule is CC(C)(C)OC(=O)NCC1(NCc2cc(C#N)cs2)CCCC1. The Morgan fingerprint density at radius 3 is 2.70 bits per heavy atom. The highest BCUT2D eigenvalue weighted by molar-refractivity contribution is 7.10. The van der Waals surface area contributed by atoms with Gasteiger partial charge in [-0.25, -0.2) is 4.79 Å². The van der Waals surface area contributed by atoms with Crippen LogP contribution in [-0.4, -0.2) is 23.8 Å². The monoisotopic (exact) mass is 335 g/mol. The molecule has 0 aromatic carbocycles. The molecular formula is C17H25N3O2S. The van der Waals surface area contributed by atoms with Gasteiger partial charge in [-0.3, -0.25) is 0 Å². The lowest BCUT2D eigenvalue weighted by Gasteiger charge is -2.31. The minimum absolute atomic E-state index is 0.0757. The van der Waals surface area contributed by atoms with Gasteiger partial charge in [0.15, 0.2) is 0 Å². The summed E-state index contributed by atoms with van der Waals surface area (Å²) in [6.07, 6.45) is 4.04. The lowest BCUT2D eigenvalue weighted by atomic mass is 9.97. The van der Waals surface area contributed by atoms with Gasteiger partial charge >= 0.3 is 6.09 Å². The number of hydrogen-bond donors (Lipinski definition) is 2. The van der Waals surface area contributed by atoms with E-state index in [4.69, 9.17) is 10.00 Å². The van der Waals surface area contributed by atoms with Crippen molar-refractivity contribution >= 4 is 17.4 Å². The van der Waals surface area contributed by atoms with Crippen molar-refractivity contribution in [3.8, 4) is 6.07 Å². The van der Waals surface area contributed by atoms with E-state index in [9.17, 15) is 4.79 Å². The van der Waals surface area contributed by atoms with Crippen LogP contribution in [0, 0.1) is 11.3 Å². The number of rotatable bonds is 5. The van der Waals surface area contributed by atoms with Gasteiger partial charge in [-0.2, -0.15) is 5.26 Å². The van der Waals surface area contributed by atoms with Crippen LogP contribution in [0.1, 0.15) is 56.9 Å². The second-order valence-corrected chi connectivity index (χ2v) is 8.11. The third kappa shape index (κ3) is 5.52. The molecule has 2 rings (SSSR count). The minimum atomic E-state index is -0.481. The fourth-order valence-corrected chi connectivity index (χ4v) is 3.58. The Kier molecular flexibility index (Phi) is 5.66. The number of ether oxygens (including phenoxy) is 1. The van der Waals surface area contributed by atoms with Crippen molar-refractivity contribution in [2.45, 2.75) is 64.1 Å². The van der Waals surface area contributed by atoms with Crippen LogP contribution in [0.15, 0.2) is 11.4 Å². The summed E-state index contributed by atoms with van der Waals surface area (Å²) in [6.45, 7) is 6.87. The second kappa shape index (κ2) is 7.33. The maximum atomic E-state index is 11.9. The van der Waals surface area contributed by atoms with Gasteiger partial charge in [-0.1, -0.05) is 12.8 Å². The number of alkyl carbamates (subject to hydrolysis) is 1. The van der Waals surface area contributed by atoms with E-state index in [1.807, 2.05) is 32.2 Å². The van der Waals surface area contributed by atoms with Gasteiger partial charge in [0.05, 0.1) is 5.56 Å². The van der Waals surface area contributed by atoms with Crippen LogP contribution >= 0.6 is 11.3 Å². The predicted molar refractivity (Wildman–Crippen MR) is 91.3 cm³/mol. The summed E-state index contributed by atoms with van der Waals surface area (Å²) in [7, 11) is 0. The smallest absolute Gasteiger partial charge is 0.407 e. The first-order chi connectivity index (χ1) is 10.8. The highest BCUT2D eigenvalue weighted by atomic mass is 32.1. The van der Waals surface area contributed by atoms with Crippen molar-refractivity contribution in [3.63, 3.8) is 0 Å². The zero-order valence-corrected chi connectivity index (χ0v) is 14.9. The fraction of sp³-hybridized carbons (Fsp3) is 0.647. The number of hydrogen-bond acceptors (Lipinski definition) is 5. The summed E-state index contributed by atoms with van der Waals surface area (Å²) in [4.78, 5) is 13.0. The molecule has 1 saturated carbocycles. The summed E-state index contributed by atoms with van der Waals surface area (Å²) in [6, 6.07) is 4.07. The molecule has 1 amide bonds. The Hall–Kier alpha value is -1.58. The standard InChI is InChI=1S/C17H25N3O2S/c1-16(2,3)22-15(21)19-12-17(6-4-5-7-17)20-10-14-8-13(9-18)11-23-14/h8,11,20H,4-7,10,12H2,1-3H3,(H,19,21). The molecule has 126 valence electrons. The number of amides is 1.